The Morgan fingerprint density at radius 3 is 2.48 bits per heavy atom. The Labute approximate surface area is 158 Å². The maximum absolute atomic E-state index is 12.4. The molecule has 0 saturated heterocycles. The van der Waals surface area contributed by atoms with E-state index >= 15 is 0 Å². The van der Waals surface area contributed by atoms with Crippen LogP contribution in [0.2, 0.25) is 0 Å². The summed E-state index contributed by atoms with van der Waals surface area (Å²) in [6.45, 7) is 0.535. The second kappa shape index (κ2) is 7.91. The summed E-state index contributed by atoms with van der Waals surface area (Å²) in [5.41, 5.74) is 2.83. The smallest absolute Gasteiger partial charge is 0.251 e. The number of nitrogens with zero attached hydrogens (tertiary/aromatic N) is 1. The van der Waals surface area contributed by atoms with Gasteiger partial charge in [-0.15, -0.1) is 0 Å². The molecule has 4 rings (SSSR count). The van der Waals surface area contributed by atoms with Gasteiger partial charge in [-0.25, -0.2) is 4.98 Å². The van der Waals surface area contributed by atoms with Crippen LogP contribution >= 0.6 is 0 Å². The number of aromatic nitrogens is 1. The molecule has 1 aliphatic rings. The van der Waals surface area contributed by atoms with Crippen molar-refractivity contribution >= 4 is 17.4 Å². The van der Waals surface area contributed by atoms with E-state index in [1.807, 2.05) is 60.7 Å². The number of amides is 1. The summed E-state index contributed by atoms with van der Waals surface area (Å²) in [7, 11) is 0. The van der Waals surface area contributed by atoms with Gasteiger partial charge in [-0.2, -0.15) is 0 Å². The van der Waals surface area contributed by atoms with Crippen LogP contribution in [-0.4, -0.2) is 23.5 Å². The normalized spacial score (nSPS) is 18.4. The van der Waals surface area contributed by atoms with Crippen molar-refractivity contribution in [1.29, 1.82) is 0 Å². The van der Waals surface area contributed by atoms with Crippen molar-refractivity contribution in [2.75, 3.05) is 17.2 Å². The maximum Gasteiger partial charge on any atom is 0.251 e. The van der Waals surface area contributed by atoms with Crippen molar-refractivity contribution in [2.45, 2.75) is 18.5 Å². The third kappa shape index (κ3) is 4.08. The van der Waals surface area contributed by atoms with E-state index in [4.69, 9.17) is 0 Å². The number of carbonyl (C=O) groups is 1. The molecule has 5 nitrogen and oxygen atoms in total. The number of rotatable bonds is 4. The second-order valence-electron chi connectivity index (χ2n) is 6.66. The molecule has 27 heavy (non-hydrogen) atoms. The summed E-state index contributed by atoms with van der Waals surface area (Å²) in [6.07, 6.45) is 2.61. The van der Waals surface area contributed by atoms with Gasteiger partial charge in [0.05, 0.1) is 11.7 Å². The Morgan fingerprint density at radius 1 is 0.963 bits per heavy atom. The lowest BCUT2D eigenvalue weighted by Crippen LogP contribution is -2.37. The fourth-order valence-electron chi connectivity index (χ4n) is 3.37. The van der Waals surface area contributed by atoms with Gasteiger partial charge < -0.3 is 16.0 Å². The first-order valence-electron chi connectivity index (χ1n) is 9.16. The first-order valence-corrected chi connectivity index (χ1v) is 9.16. The predicted molar refractivity (Wildman–Crippen MR) is 108 cm³/mol. The summed E-state index contributed by atoms with van der Waals surface area (Å²) in [5, 5.41) is 10.1. The second-order valence-corrected chi connectivity index (χ2v) is 6.66. The average Bonchev–Trinajstić information content (AvgIpc) is 2.92. The third-order valence-electron chi connectivity index (χ3n) is 4.75. The lowest BCUT2D eigenvalue weighted by atomic mass is 9.99. The standard InChI is InChI=1S/C22H22N4O/c27-22(17-10-5-2-6-11-17)24-15-18-14-20(16-8-3-1-4-9-16)26-21-19(25-18)12-7-13-23-21/h1-13,18,20,25H,14-15H2,(H,23,26)(H,24,27)/t18-,20-/m1/s1. The van der Waals surface area contributed by atoms with E-state index in [-0.39, 0.29) is 18.0 Å². The number of hydrogen-bond acceptors (Lipinski definition) is 4. The maximum atomic E-state index is 12.4. The Bertz CT molecular complexity index is 898. The van der Waals surface area contributed by atoms with Gasteiger partial charge >= 0.3 is 0 Å². The number of benzene rings is 2. The van der Waals surface area contributed by atoms with Crippen LogP contribution in [0.3, 0.4) is 0 Å². The molecule has 1 aromatic heterocycles. The van der Waals surface area contributed by atoms with Gasteiger partial charge in [-0.1, -0.05) is 48.5 Å². The number of nitrogens with one attached hydrogen (secondary N) is 3. The van der Waals surface area contributed by atoms with Crippen LogP contribution in [0.5, 0.6) is 0 Å². The summed E-state index contributed by atoms with van der Waals surface area (Å²) in [6, 6.07) is 23.8. The quantitative estimate of drug-likeness (QED) is 0.663. The highest BCUT2D eigenvalue weighted by Crippen LogP contribution is 2.31. The molecule has 0 spiro atoms. The Hall–Kier alpha value is -3.34. The van der Waals surface area contributed by atoms with Gasteiger partial charge in [0.25, 0.3) is 5.91 Å². The lowest BCUT2D eigenvalue weighted by Gasteiger charge is -2.22. The highest BCUT2D eigenvalue weighted by Gasteiger charge is 2.24. The van der Waals surface area contributed by atoms with Crippen LogP contribution in [0.15, 0.2) is 79.0 Å². The van der Waals surface area contributed by atoms with Crippen molar-refractivity contribution in [2.24, 2.45) is 0 Å². The van der Waals surface area contributed by atoms with Gasteiger partial charge in [-0.3, -0.25) is 4.79 Å². The van der Waals surface area contributed by atoms with E-state index < -0.39 is 0 Å². The molecule has 5 heteroatoms. The van der Waals surface area contributed by atoms with Gasteiger partial charge in [0.15, 0.2) is 0 Å². The zero-order valence-corrected chi connectivity index (χ0v) is 14.9. The minimum atomic E-state index is -0.0581. The monoisotopic (exact) mass is 358 g/mol. The minimum absolute atomic E-state index is 0.0581. The van der Waals surface area contributed by atoms with Crippen molar-refractivity contribution in [1.82, 2.24) is 10.3 Å². The summed E-state index contributed by atoms with van der Waals surface area (Å²) >= 11 is 0. The van der Waals surface area contributed by atoms with E-state index in [2.05, 4.69) is 33.1 Å². The molecule has 0 fully saturated rings. The zero-order valence-electron chi connectivity index (χ0n) is 14.9. The van der Waals surface area contributed by atoms with Gasteiger partial charge in [0.1, 0.15) is 5.82 Å². The Balaban J connectivity index is 1.52. The van der Waals surface area contributed by atoms with Gasteiger partial charge in [-0.05, 0) is 36.2 Å². The summed E-state index contributed by atoms with van der Waals surface area (Å²) in [5.74, 6) is 0.778. The molecule has 2 aromatic carbocycles. The van der Waals surface area contributed by atoms with Crippen molar-refractivity contribution in [3.05, 3.63) is 90.1 Å². The fraction of sp³-hybridized carbons (Fsp3) is 0.182. The van der Waals surface area contributed by atoms with E-state index in [1.54, 1.807) is 6.20 Å². The van der Waals surface area contributed by atoms with Crippen LogP contribution in [-0.2, 0) is 0 Å². The minimum Gasteiger partial charge on any atom is -0.377 e. The summed E-state index contributed by atoms with van der Waals surface area (Å²) in [4.78, 5) is 16.9. The molecule has 2 heterocycles. The number of anilines is 2. The third-order valence-corrected chi connectivity index (χ3v) is 4.75. The number of fused-ring (bicyclic) bond motifs is 1. The molecular weight excluding hydrogens is 336 g/mol. The van der Waals surface area contributed by atoms with Crippen LogP contribution in [0, 0.1) is 0 Å². The average molecular weight is 358 g/mol. The number of hydrogen-bond donors (Lipinski definition) is 3. The highest BCUT2D eigenvalue weighted by molar-refractivity contribution is 5.94. The molecule has 1 aliphatic heterocycles. The molecule has 0 aliphatic carbocycles. The molecule has 3 N–H and O–H groups in total. The molecule has 0 unspecified atom stereocenters. The van der Waals surface area contributed by atoms with Crippen LogP contribution in [0.4, 0.5) is 11.5 Å². The molecule has 3 aromatic rings. The van der Waals surface area contributed by atoms with Crippen molar-refractivity contribution < 1.29 is 4.79 Å². The lowest BCUT2D eigenvalue weighted by molar-refractivity contribution is 0.0951. The predicted octanol–water partition coefficient (Wildman–Crippen LogP) is 3.85. The first-order chi connectivity index (χ1) is 13.3. The van der Waals surface area contributed by atoms with Crippen molar-refractivity contribution in [3.63, 3.8) is 0 Å². The van der Waals surface area contributed by atoms with Crippen molar-refractivity contribution in [3.8, 4) is 0 Å². The molecular formula is C22H22N4O. The Kier molecular flexibility index (Phi) is 5.01. The Morgan fingerprint density at radius 2 is 1.70 bits per heavy atom. The van der Waals surface area contributed by atoms with Gasteiger partial charge in [0, 0.05) is 24.3 Å². The molecule has 0 radical (unpaired) electrons. The molecule has 136 valence electrons. The number of pyridine rings is 1. The summed E-state index contributed by atoms with van der Waals surface area (Å²) < 4.78 is 0. The fourth-order valence-corrected chi connectivity index (χ4v) is 3.37. The van der Waals surface area contributed by atoms with E-state index in [1.165, 1.54) is 5.56 Å². The molecule has 0 saturated carbocycles. The number of carbonyl (C=O) groups excluding carboxylic acids is 1. The topological polar surface area (TPSA) is 66.0 Å². The molecule has 2 atom stereocenters. The largest absolute Gasteiger partial charge is 0.377 e. The van der Waals surface area contributed by atoms with E-state index in [0.717, 1.165) is 17.9 Å². The van der Waals surface area contributed by atoms with Crippen LogP contribution in [0.1, 0.15) is 28.4 Å². The van der Waals surface area contributed by atoms with Crippen LogP contribution < -0.4 is 16.0 Å². The SMILES string of the molecule is O=C(NC[C@H]1C[C@H](c2ccccc2)Nc2ncccc2N1)c1ccccc1. The van der Waals surface area contributed by atoms with Crippen LogP contribution in [0.25, 0.3) is 0 Å². The molecule has 0 bridgehead atoms. The molecule has 1 amide bonds. The van der Waals surface area contributed by atoms with E-state index in [9.17, 15) is 4.79 Å². The first kappa shape index (κ1) is 17.1. The zero-order chi connectivity index (χ0) is 18.5. The van der Waals surface area contributed by atoms with Gasteiger partial charge in [0.2, 0.25) is 0 Å². The van der Waals surface area contributed by atoms with E-state index in [0.29, 0.717) is 12.1 Å². The highest BCUT2D eigenvalue weighted by atomic mass is 16.1.